The second-order valence-corrected chi connectivity index (χ2v) is 15.4. The maximum Gasteiger partial charge on any atom is 0.0622 e. The molecule has 0 spiro atoms. The van der Waals surface area contributed by atoms with E-state index in [0.29, 0.717) is 0 Å². The average Bonchev–Trinajstić information content (AvgIpc) is 4.01. The summed E-state index contributed by atoms with van der Waals surface area (Å²) in [4.78, 5) is 4.80. The Labute approximate surface area is 333 Å². The van der Waals surface area contributed by atoms with E-state index in [1.165, 1.54) is 76.2 Å². The number of rotatable bonds is 6. The molecule has 4 aromatic heterocycles. The van der Waals surface area contributed by atoms with Gasteiger partial charge in [-0.05, 0) is 97.1 Å². The third-order valence-corrected chi connectivity index (χ3v) is 12.3. The Morgan fingerprint density at radius 2 is 0.483 bits per heavy atom. The van der Waals surface area contributed by atoms with Crippen molar-refractivity contribution in [2.75, 3.05) is 9.80 Å². The molecule has 4 heteroatoms. The summed E-state index contributed by atoms with van der Waals surface area (Å²) >= 11 is 0. The normalized spacial score (nSPS) is 12.1. The van der Waals surface area contributed by atoms with Gasteiger partial charge in [-0.1, -0.05) is 109 Å². The lowest BCUT2D eigenvalue weighted by atomic mass is 10.0. The predicted octanol–water partition coefficient (Wildman–Crippen LogP) is 14.9. The van der Waals surface area contributed by atoms with Crippen LogP contribution < -0.4 is 9.80 Å². The smallest absolute Gasteiger partial charge is 0.0622 e. The first kappa shape index (κ1) is 31.4. The molecule has 0 aliphatic rings. The van der Waals surface area contributed by atoms with Crippen LogP contribution in [0.4, 0.5) is 34.1 Å². The summed E-state index contributed by atoms with van der Waals surface area (Å²) < 4.78 is 4.91. The van der Waals surface area contributed by atoms with E-state index in [4.69, 9.17) is 0 Å². The highest BCUT2D eigenvalue weighted by atomic mass is 15.2. The first-order valence-corrected chi connectivity index (χ1v) is 19.9. The molecule has 0 radical (unpaired) electrons. The average molecular weight is 739 g/mol. The molecule has 270 valence electrons. The van der Waals surface area contributed by atoms with Gasteiger partial charge in [-0.15, -0.1) is 0 Å². The number of hydrogen-bond donors (Lipinski definition) is 0. The van der Waals surface area contributed by atoms with E-state index in [2.05, 4.69) is 225 Å². The molecule has 13 rings (SSSR count). The van der Waals surface area contributed by atoms with E-state index in [1.54, 1.807) is 0 Å². The van der Waals surface area contributed by atoms with Crippen molar-refractivity contribution >= 4 is 110 Å². The minimum absolute atomic E-state index is 1.09. The van der Waals surface area contributed by atoms with E-state index in [9.17, 15) is 0 Å². The Morgan fingerprint density at radius 3 is 0.810 bits per heavy atom. The first-order valence-electron chi connectivity index (χ1n) is 19.9. The van der Waals surface area contributed by atoms with E-state index >= 15 is 0 Å². The van der Waals surface area contributed by atoms with Crippen molar-refractivity contribution in [2.45, 2.75) is 0 Å². The van der Waals surface area contributed by atoms with Crippen LogP contribution in [0, 0.1) is 0 Å². The molecule has 0 amide bonds. The van der Waals surface area contributed by atoms with Gasteiger partial charge in [0.1, 0.15) is 0 Å². The number of fused-ring (bicyclic) bond motifs is 12. The highest BCUT2D eigenvalue weighted by molar-refractivity contribution is 6.26. The maximum absolute atomic E-state index is 2.48. The quantitative estimate of drug-likeness (QED) is 0.169. The monoisotopic (exact) mass is 738 g/mol. The number of para-hydroxylation sites is 6. The first-order chi connectivity index (χ1) is 28.8. The summed E-state index contributed by atoms with van der Waals surface area (Å²) in [5.41, 5.74) is 14.1. The summed E-state index contributed by atoms with van der Waals surface area (Å²) in [6.07, 6.45) is 0. The van der Waals surface area contributed by atoms with Crippen LogP contribution in [0.15, 0.2) is 206 Å². The minimum Gasteiger partial charge on any atom is -0.311 e. The van der Waals surface area contributed by atoms with Crippen LogP contribution >= 0.6 is 0 Å². The van der Waals surface area contributed by atoms with Crippen molar-refractivity contribution in [3.8, 4) is 0 Å². The highest BCUT2D eigenvalue weighted by Gasteiger charge is 2.25. The number of hydrogen-bond acceptors (Lipinski definition) is 2. The largest absolute Gasteiger partial charge is 0.311 e. The lowest BCUT2D eigenvalue weighted by Crippen LogP contribution is -2.12. The minimum atomic E-state index is 1.09. The van der Waals surface area contributed by atoms with Gasteiger partial charge in [0.15, 0.2) is 0 Å². The zero-order chi connectivity index (χ0) is 37.9. The summed E-state index contributed by atoms with van der Waals surface area (Å²) in [6.45, 7) is 0. The second kappa shape index (κ2) is 11.8. The van der Waals surface area contributed by atoms with Crippen LogP contribution in [0.3, 0.4) is 0 Å². The van der Waals surface area contributed by atoms with Crippen molar-refractivity contribution in [3.05, 3.63) is 206 Å². The van der Waals surface area contributed by atoms with Crippen LogP contribution in [0.5, 0.6) is 0 Å². The van der Waals surface area contributed by atoms with E-state index in [-0.39, 0.29) is 0 Å². The molecule has 0 atom stereocenters. The molecule has 4 nitrogen and oxygen atoms in total. The Morgan fingerprint density at radius 1 is 0.224 bits per heavy atom. The molecule has 0 unspecified atom stereocenters. The predicted molar refractivity (Wildman–Crippen MR) is 245 cm³/mol. The van der Waals surface area contributed by atoms with E-state index in [1.807, 2.05) is 0 Å². The van der Waals surface area contributed by atoms with Crippen LogP contribution in [-0.2, 0) is 0 Å². The molecule has 0 fully saturated rings. The number of benzene rings is 9. The van der Waals surface area contributed by atoms with Gasteiger partial charge in [0.2, 0.25) is 0 Å². The van der Waals surface area contributed by atoms with Gasteiger partial charge in [0.05, 0.1) is 33.1 Å². The Hall–Kier alpha value is -7.82. The maximum atomic E-state index is 2.48. The SMILES string of the molecule is c1ccc(N(c2ccccc2)c2ccc(N(c3cc4c5ccccc5n5c6ccccc6c(c3)c45)c3cc4c5ccccc5n5c6ccccc6c(c3)c45)cc2)cc1. The Balaban J connectivity index is 1.10. The molecule has 0 aliphatic carbocycles. The molecule has 4 heterocycles. The molecule has 9 aromatic carbocycles. The third kappa shape index (κ3) is 4.29. The van der Waals surface area contributed by atoms with Crippen LogP contribution in [0.2, 0.25) is 0 Å². The number of aromatic nitrogens is 2. The van der Waals surface area contributed by atoms with Gasteiger partial charge in [-0.25, -0.2) is 0 Å². The number of nitrogens with zero attached hydrogens (tertiary/aromatic N) is 4. The van der Waals surface area contributed by atoms with Crippen molar-refractivity contribution in [1.82, 2.24) is 8.80 Å². The molecule has 0 saturated carbocycles. The lowest BCUT2D eigenvalue weighted by molar-refractivity contribution is 1.26. The summed E-state index contributed by atoms with van der Waals surface area (Å²) in [7, 11) is 0. The van der Waals surface area contributed by atoms with Gasteiger partial charge in [0, 0.05) is 77.2 Å². The fourth-order valence-corrected chi connectivity index (χ4v) is 9.93. The van der Waals surface area contributed by atoms with E-state index < -0.39 is 0 Å². The molecule has 0 aliphatic heterocycles. The van der Waals surface area contributed by atoms with Gasteiger partial charge in [-0.3, -0.25) is 0 Å². The van der Waals surface area contributed by atoms with Crippen LogP contribution in [0.1, 0.15) is 0 Å². The molecule has 0 N–H and O–H groups in total. The fraction of sp³-hybridized carbons (Fsp3) is 0. The van der Waals surface area contributed by atoms with Crippen molar-refractivity contribution in [2.24, 2.45) is 0 Å². The van der Waals surface area contributed by atoms with Gasteiger partial charge in [-0.2, -0.15) is 0 Å². The molecular formula is C54H34N4. The molecule has 58 heavy (non-hydrogen) atoms. The van der Waals surface area contributed by atoms with Gasteiger partial charge in [0.25, 0.3) is 0 Å². The summed E-state index contributed by atoms with van der Waals surface area (Å²) in [5, 5.41) is 10.1. The zero-order valence-electron chi connectivity index (χ0n) is 31.4. The Kier molecular flexibility index (Phi) is 6.41. The van der Waals surface area contributed by atoms with Crippen LogP contribution in [-0.4, -0.2) is 8.80 Å². The lowest BCUT2D eigenvalue weighted by Gasteiger charge is -2.28. The van der Waals surface area contributed by atoms with E-state index in [0.717, 1.165) is 34.1 Å². The highest BCUT2D eigenvalue weighted by Crippen LogP contribution is 2.48. The molecule has 0 saturated heterocycles. The Bertz CT molecular complexity index is 3290. The molecular weight excluding hydrogens is 705 g/mol. The number of anilines is 6. The zero-order valence-corrected chi connectivity index (χ0v) is 31.4. The van der Waals surface area contributed by atoms with Crippen molar-refractivity contribution in [3.63, 3.8) is 0 Å². The molecule has 13 aromatic rings. The van der Waals surface area contributed by atoms with Crippen molar-refractivity contribution < 1.29 is 0 Å². The van der Waals surface area contributed by atoms with Crippen LogP contribution in [0.25, 0.3) is 76.2 Å². The topological polar surface area (TPSA) is 15.3 Å². The fourth-order valence-electron chi connectivity index (χ4n) is 9.93. The summed E-state index contributed by atoms with van der Waals surface area (Å²) in [5.74, 6) is 0. The molecule has 0 bridgehead atoms. The van der Waals surface area contributed by atoms with Gasteiger partial charge < -0.3 is 18.6 Å². The second-order valence-electron chi connectivity index (χ2n) is 15.4. The van der Waals surface area contributed by atoms with Crippen molar-refractivity contribution in [1.29, 1.82) is 0 Å². The summed E-state index contributed by atoms with van der Waals surface area (Å²) in [6, 6.07) is 75.4. The van der Waals surface area contributed by atoms with Gasteiger partial charge >= 0.3 is 0 Å². The standard InChI is InChI=1S/C54H34N4/c1-3-15-35(16-4-1)55(36-17-5-2-6-18-36)37-27-29-38(30-28-37)56(39-31-45-41-19-7-11-23-49(41)57-50-24-12-8-20-42(50)46(32-39)53(45)57)40-33-47-43-21-9-13-25-51(43)58-52-26-14-10-22-44(52)48(34-40)54(47)58/h1-34H. The third-order valence-electron chi connectivity index (χ3n) is 12.3.